The lowest BCUT2D eigenvalue weighted by atomic mass is 9.93. The predicted molar refractivity (Wildman–Crippen MR) is 85.5 cm³/mol. The molecule has 1 saturated carbocycles. The SMILES string of the molecule is CCOC(=O)CCC[C@H](C)N[C@@H]1CCCCC[C@H]1C(=O)OC. The lowest BCUT2D eigenvalue weighted by Gasteiger charge is -2.27. The van der Waals surface area contributed by atoms with Crippen molar-refractivity contribution in [2.45, 2.75) is 77.3 Å². The van der Waals surface area contributed by atoms with Gasteiger partial charge in [0.25, 0.3) is 0 Å². The topological polar surface area (TPSA) is 64.6 Å². The molecule has 3 atom stereocenters. The molecule has 0 aliphatic heterocycles. The number of hydrogen-bond acceptors (Lipinski definition) is 5. The Morgan fingerprint density at radius 1 is 1.23 bits per heavy atom. The van der Waals surface area contributed by atoms with Crippen LogP contribution in [0.25, 0.3) is 0 Å². The van der Waals surface area contributed by atoms with Crippen LogP contribution in [-0.2, 0) is 19.1 Å². The molecule has 0 spiro atoms. The third kappa shape index (κ3) is 6.77. The summed E-state index contributed by atoms with van der Waals surface area (Å²) in [4.78, 5) is 23.3. The van der Waals surface area contributed by atoms with E-state index in [1.807, 2.05) is 6.92 Å². The van der Waals surface area contributed by atoms with Crippen molar-refractivity contribution in [1.29, 1.82) is 0 Å². The molecule has 0 unspecified atom stereocenters. The molecule has 22 heavy (non-hydrogen) atoms. The smallest absolute Gasteiger partial charge is 0.310 e. The van der Waals surface area contributed by atoms with Crippen LogP contribution in [0.5, 0.6) is 0 Å². The van der Waals surface area contributed by atoms with Gasteiger partial charge in [0.05, 0.1) is 19.6 Å². The van der Waals surface area contributed by atoms with Crippen LogP contribution in [0.4, 0.5) is 0 Å². The van der Waals surface area contributed by atoms with Crippen molar-refractivity contribution >= 4 is 11.9 Å². The van der Waals surface area contributed by atoms with E-state index in [2.05, 4.69) is 12.2 Å². The average molecular weight is 313 g/mol. The van der Waals surface area contributed by atoms with Gasteiger partial charge in [0.1, 0.15) is 0 Å². The van der Waals surface area contributed by atoms with Crippen LogP contribution >= 0.6 is 0 Å². The fourth-order valence-electron chi connectivity index (χ4n) is 3.18. The van der Waals surface area contributed by atoms with Gasteiger partial charge in [-0.3, -0.25) is 9.59 Å². The molecule has 5 nitrogen and oxygen atoms in total. The number of carbonyl (C=O) groups excluding carboxylic acids is 2. The Hall–Kier alpha value is -1.10. The molecule has 1 aliphatic carbocycles. The molecule has 1 N–H and O–H groups in total. The molecule has 0 bridgehead atoms. The molecule has 0 aromatic carbocycles. The van der Waals surface area contributed by atoms with Crippen LogP contribution in [0.1, 0.15) is 65.2 Å². The van der Waals surface area contributed by atoms with E-state index in [-0.39, 0.29) is 29.9 Å². The van der Waals surface area contributed by atoms with Gasteiger partial charge >= 0.3 is 11.9 Å². The first-order valence-corrected chi connectivity index (χ1v) is 8.58. The summed E-state index contributed by atoms with van der Waals surface area (Å²) < 4.78 is 9.89. The molecule has 1 fully saturated rings. The van der Waals surface area contributed by atoms with Crippen molar-refractivity contribution in [2.75, 3.05) is 13.7 Å². The van der Waals surface area contributed by atoms with Gasteiger partial charge in [-0.05, 0) is 39.5 Å². The van der Waals surface area contributed by atoms with Crippen LogP contribution in [0.15, 0.2) is 0 Å². The molecule has 5 heteroatoms. The maximum absolute atomic E-state index is 12.0. The Morgan fingerprint density at radius 3 is 2.64 bits per heavy atom. The number of carbonyl (C=O) groups is 2. The summed E-state index contributed by atoms with van der Waals surface area (Å²) in [6, 6.07) is 0.470. The van der Waals surface area contributed by atoms with Gasteiger partial charge in [0.15, 0.2) is 0 Å². The van der Waals surface area contributed by atoms with Crippen molar-refractivity contribution in [2.24, 2.45) is 5.92 Å². The van der Waals surface area contributed by atoms with Gasteiger partial charge < -0.3 is 14.8 Å². The molecule has 0 radical (unpaired) electrons. The molecule has 0 heterocycles. The van der Waals surface area contributed by atoms with Crippen molar-refractivity contribution < 1.29 is 19.1 Å². The summed E-state index contributed by atoms with van der Waals surface area (Å²) in [6.07, 6.45) is 7.53. The van der Waals surface area contributed by atoms with E-state index in [0.717, 1.165) is 38.5 Å². The first-order chi connectivity index (χ1) is 10.6. The van der Waals surface area contributed by atoms with E-state index < -0.39 is 0 Å². The fourth-order valence-corrected chi connectivity index (χ4v) is 3.18. The predicted octanol–water partition coefficient (Wildman–Crippen LogP) is 2.82. The summed E-state index contributed by atoms with van der Waals surface area (Å²) in [5.41, 5.74) is 0. The number of nitrogens with one attached hydrogen (secondary N) is 1. The molecule has 0 aromatic heterocycles. The number of ether oxygens (including phenoxy) is 2. The first kappa shape index (κ1) is 18.9. The standard InChI is InChI=1S/C17H31NO4/c1-4-22-16(19)12-8-9-13(2)18-15-11-7-5-6-10-14(15)17(20)21-3/h13-15,18H,4-12H2,1-3H3/t13-,14+,15+/m0/s1. The number of hydrogen-bond donors (Lipinski definition) is 1. The van der Waals surface area contributed by atoms with Gasteiger partial charge in [0.2, 0.25) is 0 Å². The number of rotatable bonds is 8. The quantitative estimate of drug-likeness (QED) is 0.551. The number of esters is 2. The van der Waals surface area contributed by atoms with Gasteiger partial charge in [-0.2, -0.15) is 0 Å². The van der Waals surface area contributed by atoms with Crippen LogP contribution in [-0.4, -0.2) is 37.7 Å². The maximum atomic E-state index is 12.0. The molecule has 0 aromatic rings. The Labute approximate surface area is 134 Å². The molecule has 128 valence electrons. The van der Waals surface area contributed by atoms with Crippen LogP contribution in [0.3, 0.4) is 0 Å². The van der Waals surface area contributed by atoms with E-state index in [0.29, 0.717) is 13.0 Å². The Kier molecular flexibility index (Phi) is 9.13. The third-order valence-electron chi connectivity index (χ3n) is 4.34. The highest BCUT2D eigenvalue weighted by atomic mass is 16.5. The summed E-state index contributed by atoms with van der Waals surface area (Å²) in [5.74, 6) is -0.269. The molecule has 1 aliphatic rings. The van der Waals surface area contributed by atoms with Crippen LogP contribution in [0, 0.1) is 5.92 Å². The van der Waals surface area contributed by atoms with Gasteiger partial charge in [-0.1, -0.05) is 19.3 Å². The largest absolute Gasteiger partial charge is 0.469 e. The lowest BCUT2D eigenvalue weighted by molar-refractivity contribution is -0.147. The van der Waals surface area contributed by atoms with Gasteiger partial charge in [0, 0.05) is 18.5 Å². The molecular formula is C17H31NO4. The molecule has 0 amide bonds. The minimum Gasteiger partial charge on any atom is -0.469 e. The second-order valence-corrected chi connectivity index (χ2v) is 6.14. The van der Waals surface area contributed by atoms with Gasteiger partial charge in [-0.25, -0.2) is 0 Å². The minimum absolute atomic E-state index is 0.0417. The zero-order chi connectivity index (χ0) is 16.4. The fraction of sp³-hybridized carbons (Fsp3) is 0.882. The molecule has 0 saturated heterocycles. The zero-order valence-corrected chi connectivity index (χ0v) is 14.2. The van der Waals surface area contributed by atoms with E-state index in [1.165, 1.54) is 13.5 Å². The van der Waals surface area contributed by atoms with E-state index in [9.17, 15) is 9.59 Å². The van der Waals surface area contributed by atoms with E-state index >= 15 is 0 Å². The Morgan fingerprint density at radius 2 is 1.95 bits per heavy atom. The highest BCUT2D eigenvalue weighted by Gasteiger charge is 2.31. The highest BCUT2D eigenvalue weighted by molar-refractivity contribution is 5.73. The second kappa shape index (κ2) is 10.6. The average Bonchev–Trinajstić information content (AvgIpc) is 2.72. The second-order valence-electron chi connectivity index (χ2n) is 6.14. The van der Waals surface area contributed by atoms with Crippen LogP contribution < -0.4 is 5.32 Å². The normalized spacial score (nSPS) is 23.4. The third-order valence-corrected chi connectivity index (χ3v) is 4.34. The summed E-state index contributed by atoms with van der Waals surface area (Å²) in [6.45, 7) is 4.38. The van der Waals surface area contributed by atoms with E-state index in [1.54, 1.807) is 0 Å². The Bertz CT molecular complexity index is 346. The summed E-state index contributed by atoms with van der Waals surface area (Å²) in [5, 5.41) is 3.58. The van der Waals surface area contributed by atoms with Crippen molar-refractivity contribution in [3.05, 3.63) is 0 Å². The van der Waals surface area contributed by atoms with Gasteiger partial charge in [-0.15, -0.1) is 0 Å². The van der Waals surface area contributed by atoms with Crippen molar-refractivity contribution in [1.82, 2.24) is 5.32 Å². The Balaban J connectivity index is 2.40. The number of methoxy groups -OCH3 is 1. The van der Waals surface area contributed by atoms with E-state index in [4.69, 9.17) is 9.47 Å². The maximum Gasteiger partial charge on any atom is 0.310 e. The van der Waals surface area contributed by atoms with Crippen molar-refractivity contribution in [3.8, 4) is 0 Å². The van der Waals surface area contributed by atoms with Crippen molar-refractivity contribution in [3.63, 3.8) is 0 Å². The summed E-state index contributed by atoms with van der Waals surface area (Å²) >= 11 is 0. The summed E-state index contributed by atoms with van der Waals surface area (Å²) in [7, 11) is 1.47. The lowest BCUT2D eigenvalue weighted by Crippen LogP contribution is -2.44. The zero-order valence-electron chi connectivity index (χ0n) is 14.2. The first-order valence-electron chi connectivity index (χ1n) is 8.58. The highest BCUT2D eigenvalue weighted by Crippen LogP contribution is 2.25. The van der Waals surface area contributed by atoms with Crippen LogP contribution in [0.2, 0.25) is 0 Å². The monoisotopic (exact) mass is 313 g/mol. The molecule has 1 rings (SSSR count). The molecular weight excluding hydrogens is 282 g/mol. The minimum atomic E-state index is -0.128.